The van der Waals surface area contributed by atoms with Crippen LogP contribution in [0.5, 0.6) is 0 Å². The van der Waals surface area contributed by atoms with Gasteiger partial charge in [0.1, 0.15) is 0 Å². The first-order chi connectivity index (χ1) is 28.2. The Balaban J connectivity index is 1.01. The lowest BCUT2D eigenvalue weighted by molar-refractivity contribution is 1.16. The van der Waals surface area contributed by atoms with Gasteiger partial charge in [-0.1, -0.05) is 152 Å². The topological polar surface area (TPSA) is 30.7 Å². The van der Waals surface area contributed by atoms with E-state index in [1.807, 2.05) is 12.1 Å². The minimum absolute atomic E-state index is 0.702. The number of rotatable bonds is 6. The first-order valence-corrected chi connectivity index (χ1v) is 19.4. The molecule has 3 heteroatoms. The third-order valence-corrected chi connectivity index (χ3v) is 11.2. The number of nitrogens with zero attached hydrogens (tertiary/aromatic N) is 3. The highest BCUT2D eigenvalue weighted by atomic mass is 15.0. The summed E-state index contributed by atoms with van der Waals surface area (Å²) < 4.78 is 2.39. The van der Waals surface area contributed by atoms with Crippen molar-refractivity contribution in [2.45, 2.75) is 0 Å². The SMILES string of the molecule is c1ccc(-c2ccc3cc(-c4ccc5ccc6c(c5c4)c4ccccc4n6-c4ccc(-c5nc(-c6ccccc6)cc(-c6ccccc6)n5)cc4)ccc3c2)cc1. The monoisotopic (exact) mass is 725 g/mol. The Morgan fingerprint density at radius 2 is 0.789 bits per heavy atom. The second-order valence-corrected chi connectivity index (χ2v) is 14.6. The van der Waals surface area contributed by atoms with Gasteiger partial charge in [-0.3, -0.25) is 0 Å². The highest BCUT2D eigenvalue weighted by Gasteiger charge is 2.17. The molecule has 0 aliphatic carbocycles. The van der Waals surface area contributed by atoms with Crippen LogP contribution in [0.4, 0.5) is 0 Å². The number of aromatic nitrogens is 3. The fourth-order valence-corrected chi connectivity index (χ4v) is 8.33. The van der Waals surface area contributed by atoms with Crippen molar-refractivity contribution in [2.24, 2.45) is 0 Å². The highest BCUT2D eigenvalue weighted by Crippen LogP contribution is 2.39. The maximum absolute atomic E-state index is 5.07. The number of hydrogen-bond donors (Lipinski definition) is 0. The molecule has 2 heterocycles. The first-order valence-electron chi connectivity index (χ1n) is 19.4. The molecule has 266 valence electrons. The Morgan fingerprint density at radius 1 is 0.298 bits per heavy atom. The van der Waals surface area contributed by atoms with Crippen LogP contribution in [0.2, 0.25) is 0 Å². The third kappa shape index (κ3) is 5.85. The molecule has 3 nitrogen and oxygen atoms in total. The van der Waals surface area contributed by atoms with Crippen molar-refractivity contribution in [3.8, 4) is 61.8 Å². The molecule has 57 heavy (non-hydrogen) atoms. The van der Waals surface area contributed by atoms with Gasteiger partial charge >= 0.3 is 0 Å². The summed E-state index contributed by atoms with van der Waals surface area (Å²) in [6.07, 6.45) is 0. The largest absolute Gasteiger partial charge is 0.309 e. The van der Waals surface area contributed by atoms with Crippen molar-refractivity contribution >= 4 is 43.4 Å². The van der Waals surface area contributed by atoms with Crippen LogP contribution in [0.15, 0.2) is 212 Å². The number of benzene rings is 9. The molecule has 11 rings (SSSR count). The van der Waals surface area contributed by atoms with E-state index in [1.54, 1.807) is 0 Å². The van der Waals surface area contributed by atoms with E-state index in [2.05, 4.69) is 205 Å². The van der Waals surface area contributed by atoms with Gasteiger partial charge in [-0.15, -0.1) is 0 Å². The Labute approximate surface area is 330 Å². The number of fused-ring (bicyclic) bond motifs is 6. The summed E-state index contributed by atoms with van der Waals surface area (Å²) in [6, 6.07) is 75.8. The summed E-state index contributed by atoms with van der Waals surface area (Å²) in [4.78, 5) is 10.1. The molecule has 0 aliphatic heterocycles. The fraction of sp³-hybridized carbons (Fsp3) is 0. The second-order valence-electron chi connectivity index (χ2n) is 14.6. The molecule has 0 N–H and O–H groups in total. The molecular weight excluding hydrogens is 691 g/mol. The summed E-state index contributed by atoms with van der Waals surface area (Å²) in [6.45, 7) is 0. The van der Waals surface area contributed by atoms with Crippen LogP contribution in [0.25, 0.3) is 105 Å². The Morgan fingerprint density at radius 3 is 1.42 bits per heavy atom. The van der Waals surface area contributed by atoms with Crippen molar-refractivity contribution in [1.29, 1.82) is 0 Å². The fourth-order valence-electron chi connectivity index (χ4n) is 8.33. The normalized spacial score (nSPS) is 11.5. The molecule has 0 aliphatic rings. The molecular formula is C54H35N3. The minimum Gasteiger partial charge on any atom is -0.309 e. The predicted molar refractivity (Wildman–Crippen MR) is 239 cm³/mol. The lowest BCUT2D eigenvalue weighted by atomic mass is 9.95. The highest BCUT2D eigenvalue weighted by molar-refractivity contribution is 6.22. The molecule has 2 aromatic heterocycles. The molecule has 11 aromatic rings. The van der Waals surface area contributed by atoms with E-state index in [1.165, 1.54) is 65.6 Å². The van der Waals surface area contributed by atoms with E-state index < -0.39 is 0 Å². The molecule has 0 fully saturated rings. The average Bonchev–Trinajstić information content (AvgIpc) is 3.64. The van der Waals surface area contributed by atoms with Crippen LogP contribution in [0.3, 0.4) is 0 Å². The van der Waals surface area contributed by atoms with Crippen LogP contribution in [-0.2, 0) is 0 Å². The summed E-state index contributed by atoms with van der Waals surface area (Å²) in [5, 5.41) is 7.44. The van der Waals surface area contributed by atoms with Gasteiger partial charge in [0.25, 0.3) is 0 Å². The lowest BCUT2D eigenvalue weighted by Crippen LogP contribution is -1.97. The van der Waals surface area contributed by atoms with E-state index in [0.717, 1.165) is 33.8 Å². The van der Waals surface area contributed by atoms with Gasteiger partial charge in [-0.25, -0.2) is 9.97 Å². The average molecular weight is 726 g/mol. The van der Waals surface area contributed by atoms with Crippen LogP contribution in [-0.4, -0.2) is 14.5 Å². The summed E-state index contributed by atoms with van der Waals surface area (Å²) in [5.74, 6) is 0.702. The van der Waals surface area contributed by atoms with E-state index in [9.17, 15) is 0 Å². The molecule has 0 saturated carbocycles. The Bertz CT molecular complexity index is 3200. The lowest BCUT2D eigenvalue weighted by Gasteiger charge is -2.12. The molecule has 0 bridgehead atoms. The van der Waals surface area contributed by atoms with E-state index in [4.69, 9.17) is 9.97 Å². The number of para-hydroxylation sites is 1. The van der Waals surface area contributed by atoms with Gasteiger partial charge in [0.15, 0.2) is 5.82 Å². The zero-order chi connectivity index (χ0) is 37.7. The molecule has 9 aromatic carbocycles. The van der Waals surface area contributed by atoms with Crippen molar-refractivity contribution in [1.82, 2.24) is 14.5 Å². The predicted octanol–water partition coefficient (Wildman–Crippen LogP) is 14.2. The zero-order valence-corrected chi connectivity index (χ0v) is 31.0. The van der Waals surface area contributed by atoms with Gasteiger partial charge < -0.3 is 4.57 Å². The van der Waals surface area contributed by atoms with Gasteiger partial charge in [0.05, 0.1) is 22.4 Å². The van der Waals surface area contributed by atoms with Crippen LogP contribution >= 0.6 is 0 Å². The maximum atomic E-state index is 5.07. The zero-order valence-electron chi connectivity index (χ0n) is 31.0. The third-order valence-electron chi connectivity index (χ3n) is 11.2. The van der Waals surface area contributed by atoms with Crippen LogP contribution in [0, 0.1) is 0 Å². The maximum Gasteiger partial charge on any atom is 0.160 e. The summed E-state index contributed by atoms with van der Waals surface area (Å²) in [5.41, 5.74) is 13.2. The minimum atomic E-state index is 0.702. The smallest absolute Gasteiger partial charge is 0.160 e. The van der Waals surface area contributed by atoms with Crippen LogP contribution in [0.1, 0.15) is 0 Å². The quantitative estimate of drug-likeness (QED) is 0.171. The molecule has 0 spiro atoms. The molecule has 0 unspecified atom stereocenters. The van der Waals surface area contributed by atoms with E-state index in [0.29, 0.717) is 5.82 Å². The Hall–Kier alpha value is -7.62. The molecule has 0 saturated heterocycles. The first kappa shape index (κ1) is 32.8. The van der Waals surface area contributed by atoms with Crippen LogP contribution < -0.4 is 0 Å². The molecule has 0 atom stereocenters. The van der Waals surface area contributed by atoms with E-state index >= 15 is 0 Å². The van der Waals surface area contributed by atoms with Gasteiger partial charge in [-0.2, -0.15) is 0 Å². The number of hydrogen-bond acceptors (Lipinski definition) is 2. The standard InChI is InChI=1S/C54H35N3/c1-4-12-36(13-5-1)41-22-23-43-33-44(25-24-42(43)32-41)45-21-20-37-28-31-52-53(48(37)34-45)47-18-10-11-19-51(47)57(52)46-29-26-40(27-30-46)54-55-49(38-14-6-2-7-15-38)35-50(56-54)39-16-8-3-9-17-39/h1-35H. The van der Waals surface area contributed by atoms with Crippen molar-refractivity contribution in [2.75, 3.05) is 0 Å². The summed E-state index contributed by atoms with van der Waals surface area (Å²) in [7, 11) is 0. The molecule has 0 amide bonds. The molecule has 0 radical (unpaired) electrons. The van der Waals surface area contributed by atoms with Crippen molar-refractivity contribution in [3.05, 3.63) is 212 Å². The second kappa shape index (κ2) is 13.6. The van der Waals surface area contributed by atoms with Gasteiger partial charge in [0.2, 0.25) is 0 Å². The van der Waals surface area contributed by atoms with Gasteiger partial charge in [0, 0.05) is 33.2 Å². The van der Waals surface area contributed by atoms with Crippen molar-refractivity contribution < 1.29 is 0 Å². The van der Waals surface area contributed by atoms with Gasteiger partial charge in [-0.05, 0) is 104 Å². The van der Waals surface area contributed by atoms with Crippen molar-refractivity contribution in [3.63, 3.8) is 0 Å². The summed E-state index contributed by atoms with van der Waals surface area (Å²) >= 11 is 0. The van der Waals surface area contributed by atoms with E-state index in [-0.39, 0.29) is 0 Å². The Kier molecular flexibility index (Phi) is 7.82.